The Balaban J connectivity index is 1.66. The first kappa shape index (κ1) is 18.7. The summed E-state index contributed by atoms with van der Waals surface area (Å²) in [6, 6.07) is 10.1. The summed E-state index contributed by atoms with van der Waals surface area (Å²) in [7, 11) is 0. The lowest BCUT2D eigenvalue weighted by molar-refractivity contribution is -0.129. The van der Waals surface area contributed by atoms with Crippen LogP contribution in [0.2, 0.25) is 0 Å². The Morgan fingerprint density at radius 3 is 2.66 bits per heavy atom. The zero-order chi connectivity index (χ0) is 20.4. The number of aryl methyl sites for hydroxylation is 2. The normalized spacial score (nSPS) is 16.7. The van der Waals surface area contributed by atoms with Crippen molar-refractivity contribution in [3.8, 4) is 0 Å². The summed E-state index contributed by atoms with van der Waals surface area (Å²) < 4.78 is 7.15. The van der Waals surface area contributed by atoms with Gasteiger partial charge in [-0.3, -0.25) is 9.59 Å². The maximum Gasteiger partial charge on any atom is 0.290 e. The van der Waals surface area contributed by atoms with Crippen LogP contribution >= 0.6 is 0 Å². The van der Waals surface area contributed by atoms with E-state index >= 15 is 0 Å². The minimum absolute atomic E-state index is 0.0523. The van der Waals surface area contributed by atoms with E-state index in [4.69, 9.17) is 4.42 Å². The van der Waals surface area contributed by atoms with Crippen molar-refractivity contribution in [2.75, 3.05) is 6.54 Å². The van der Waals surface area contributed by atoms with E-state index in [1.165, 1.54) is 12.3 Å². The number of amides is 1. The molecule has 0 fully saturated rings. The highest BCUT2D eigenvalue weighted by Crippen LogP contribution is 2.39. The number of furan rings is 1. The summed E-state index contributed by atoms with van der Waals surface area (Å²) >= 11 is 0. The molecule has 0 saturated carbocycles. The first-order valence-electron chi connectivity index (χ1n) is 9.41. The van der Waals surface area contributed by atoms with Crippen LogP contribution in [0.15, 0.2) is 77.1 Å². The van der Waals surface area contributed by atoms with Crippen LogP contribution in [-0.2, 0) is 11.3 Å². The second-order valence-corrected chi connectivity index (χ2v) is 7.03. The van der Waals surface area contributed by atoms with E-state index in [0.29, 0.717) is 19.5 Å². The number of ketones is 1. The third-order valence-corrected chi connectivity index (χ3v) is 5.06. The molecule has 1 aliphatic rings. The van der Waals surface area contributed by atoms with Gasteiger partial charge >= 0.3 is 0 Å². The van der Waals surface area contributed by atoms with Crippen LogP contribution in [0.1, 0.15) is 34.1 Å². The smallest absolute Gasteiger partial charge is 0.290 e. The molecule has 1 atom stereocenters. The van der Waals surface area contributed by atoms with Gasteiger partial charge in [0, 0.05) is 25.5 Å². The predicted octanol–water partition coefficient (Wildman–Crippen LogP) is 3.45. The van der Waals surface area contributed by atoms with Gasteiger partial charge in [-0.15, -0.1) is 0 Å². The molecule has 29 heavy (non-hydrogen) atoms. The molecule has 1 aliphatic heterocycles. The van der Waals surface area contributed by atoms with Crippen LogP contribution < -0.4 is 0 Å². The predicted molar refractivity (Wildman–Crippen MR) is 105 cm³/mol. The summed E-state index contributed by atoms with van der Waals surface area (Å²) in [5.41, 5.74) is 1.89. The summed E-state index contributed by atoms with van der Waals surface area (Å²) in [6.07, 6.45) is 7.31. The van der Waals surface area contributed by atoms with Crippen LogP contribution in [0.5, 0.6) is 0 Å². The zero-order valence-corrected chi connectivity index (χ0v) is 16.0. The van der Waals surface area contributed by atoms with E-state index in [1.807, 2.05) is 42.0 Å². The molecule has 0 aliphatic carbocycles. The summed E-state index contributed by atoms with van der Waals surface area (Å²) in [5, 5.41) is 10.6. The van der Waals surface area contributed by atoms with Gasteiger partial charge in [0.05, 0.1) is 24.2 Å². The molecule has 7 heteroatoms. The minimum atomic E-state index is -0.663. The highest BCUT2D eigenvalue weighted by molar-refractivity contribution is 6.15. The highest BCUT2D eigenvalue weighted by Gasteiger charge is 2.44. The van der Waals surface area contributed by atoms with Gasteiger partial charge < -0.3 is 19.0 Å². The molecule has 1 unspecified atom stereocenters. The molecular weight excluding hydrogens is 370 g/mol. The van der Waals surface area contributed by atoms with Gasteiger partial charge in [-0.2, -0.15) is 0 Å². The van der Waals surface area contributed by atoms with E-state index in [2.05, 4.69) is 4.98 Å². The zero-order valence-electron chi connectivity index (χ0n) is 16.0. The molecule has 0 saturated heterocycles. The maximum absolute atomic E-state index is 13.0. The minimum Gasteiger partial charge on any atom is -0.503 e. The number of aliphatic hydroxyl groups is 1. The van der Waals surface area contributed by atoms with Crippen molar-refractivity contribution < 1.29 is 19.1 Å². The fraction of sp³-hybridized carbons (Fsp3) is 0.227. The van der Waals surface area contributed by atoms with Crippen LogP contribution in [0.3, 0.4) is 0 Å². The Hall–Kier alpha value is -3.61. The SMILES string of the molecule is Cc1ccc(C2C(C(=O)c3ccco3)=C(O)C(=O)N2CCCn2ccnc2)cc1. The first-order valence-corrected chi connectivity index (χ1v) is 9.41. The second kappa shape index (κ2) is 7.79. The number of hydrogen-bond acceptors (Lipinski definition) is 5. The number of aliphatic hydroxyl groups excluding tert-OH is 1. The van der Waals surface area contributed by atoms with Crippen molar-refractivity contribution in [1.82, 2.24) is 14.5 Å². The molecule has 4 rings (SSSR count). The van der Waals surface area contributed by atoms with Gasteiger partial charge in [-0.05, 0) is 31.0 Å². The number of carbonyl (C=O) groups is 2. The highest BCUT2D eigenvalue weighted by atomic mass is 16.3. The van der Waals surface area contributed by atoms with Crippen molar-refractivity contribution in [3.63, 3.8) is 0 Å². The molecular formula is C22H21N3O4. The van der Waals surface area contributed by atoms with Crippen LogP contribution in [-0.4, -0.2) is 37.8 Å². The maximum atomic E-state index is 13.0. The molecule has 3 aromatic rings. The van der Waals surface area contributed by atoms with E-state index in [9.17, 15) is 14.7 Å². The van der Waals surface area contributed by atoms with Gasteiger partial charge in [-0.25, -0.2) is 4.98 Å². The lowest BCUT2D eigenvalue weighted by Crippen LogP contribution is -2.32. The molecule has 148 valence electrons. The summed E-state index contributed by atoms with van der Waals surface area (Å²) in [4.78, 5) is 31.4. The molecule has 0 spiro atoms. The van der Waals surface area contributed by atoms with Crippen LogP contribution in [0, 0.1) is 6.92 Å². The number of aromatic nitrogens is 2. The molecule has 7 nitrogen and oxygen atoms in total. The Morgan fingerprint density at radius 1 is 1.21 bits per heavy atom. The van der Waals surface area contributed by atoms with Gasteiger partial charge in [-0.1, -0.05) is 29.8 Å². The Kier molecular flexibility index (Phi) is 5.03. The quantitative estimate of drug-likeness (QED) is 0.623. The van der Waals surface area contributed by atoms with Gasteiger partial charge in [0.25, 0.3) is 5.91 Å². The molecule has 0 radical (unpaired) electrons. The number of carbonyl (C=O) groups excluding carboxylic acids is 2. The first-order chi connectivity index (χ1) is 14.1. The average molecular weight is 391 g/mol. The third kappa shape index (κ3) is 3.59. The average Bonchev–Trinajstić information content (AvgIpc) is 3.47. The molecule has 1 N–H and O–H groups in total. The largest absolute Gasteiger partial charge is 0.503 e. The van der Waals surface area contributed by atoms with Crippen LogP contribution in [0.4, 0.5) is 0 Å². The number of hydrogen-bond donors (Lipinski definition) is 1. The molecule has 1 amide bonds. The van der Waals surface area contributed by atoms with Crippen LogP contribution in [0.25, 0.3) is 0 Å². The van der Waals surface area contributed by atoms with Crippen molar-refractivity contribution in [2.24, 2.45) is 0 Å². The standard InChI is InChI=1S/C22H21N3O4/c1-15-5-7-16(8-6-15)19-18(20(26)17-4-2-13-29-17)21(27)22(28)25(19)11-3-10-24-12-9-23-14-24/h2,4-9,12-14,19,27H,3,10-11H2,1H3. The van der Waals surface area contributed by atoms with Crippen molar-refractivity contribution >= 4 is 11.7 Å². The van der Waals surface area contributed by atoms with Crippen molar-refractivity contribution in [3.05, 3.63) is 89.6 Å². The summed E-state index contributed by atoms with van der Waals surface area (Å²) in [6.45, 7) is 3.02. The van der Waals surface area contributed by atoms with E-state index in [0.717, 1.165) is 11.1 Å². The Bertz CT molecular complexity index is 1030. The number of nitrogens with zero attached hydrogens (tertiary/aromatic N) is 3. The van der Waals surface area contributed by atoms with Gasteiger partial charge in [0.2, 0.25) is 5.78 Å². The van der Waals surface area contributed by atoms with Crippen molar-refractivity contribution in [2.45, 2.75) is 25.9 Å². The number of imidazole rings is 1. The number of rotatable bonds is 7. The number of Topliss-reactive ketones (excluding diaryl/α,β-unsaturated/α-hetero) is 1. The topological polar surface area (TPSA) is 88.6 Å². The van der Waals surface area contributed by atoms with Gasteiger partial charge in [0.15, 0.2) is 11.5 Å². The number of benzene rings is 1. The van der Waals surface area contributed by atoms with E-state index < -0.39 is 23.5 Å². The fourth-order valence-corrected chi connectivity index (χ4v) is 3.59. The molecule has 2 aromatic heterocycles. The fourth-order valence-electron chi connectivity index (χ4n) is 3.59. The summed E-state index contributed by atoms with van der Waals surface area (Å²) in [5.74, 6) is -1.45. The monoisotopic (exact) mass is 391 g/mol. The Morgan fingerprint density at radius 2 is 2.00 bits per heavy atom. The molecule has 0 bridgehead atoms. The second-order valence-electron chi connectivity index (χ2n) is 7.03. The Labute approximate surface area is 167 Å². The van der Waals surface area contributed by atoms with Gasteiger partial charge in [0.1, 0.15) is 0 Å². The molecule has 3 heterocycles. The molecule has 1 aromatic carbocycles. The van der Waals surface area contributed by atoms with E-state index in [1.54, 1.807) is 23.5 Å². The lowest BCUT2D eigenvalue weighted by atomic mass is 9.94. The van der Waals surface area contributed by atoms with Crippen molar-refractivity contribution in [1.29, 1.82) is 0 Å². The lowest BCUT2D eigenvalue weighted by Gasteiger charge is -2.27. The third-order valence-electron chi connectivity index (χ3n) is 5.06. The van der Waals surface area contributed by atoms with E-state index in [-0.39, 0.29) is 11.3 Å².